The van der Waals surface area contributed by atoms with E-state index in [1.54, 1.807) is 6.20 Å². The summed E-state index contributed by atoms with van der Waals surface area (Å²) in [4.78, 5) is 14.9. The third-order valence-corrected chi connectivity index (χ3v) is 4.41. The molecule has 0 aliphatic carbocycles. The Kier molecular flexibility index (Phi) is 4.95. The van der Waals surface area contributed by atoms with Gasteiger partial charge in [-0.3, -0.25) is 9.48 Å². The van der Waals surface area contributed by atoms with E-state index in [1.165, 1.54) is 0 Å². The third kappa shape index (κ3) is 3.00. The molecule has 0 atom stereocenters. The summed E-state index contributed by atoms with van der Waals surface area (Å²) in [6.45, 7) is 8.92. The molecule has 0 saturated heterocycles. The van der Waals surface area contributed by atoms with Crippen LogP contribution in [0.25, 0.3) is 0 Å². The molecular formula is C18H25ClN4O. The van der Waals surface area contributed by atoms with E-state index in [4.69, 9.17) is 5.73 Å². The molecule has 1 aromatic heterocycles. The van der Waals surface area contributed by atoms with Crippen molar-refractivity contribution in [1.82, 2.24) is 9.78 Å². The number of aromatic nitrogens is 2. The molecular weight excluding hydrogens is 324 g/mol. The molecule has 0 unspecified atom stereocenters. The van der Waals surface area contributed by atoms with Gasteiger partial charge in [-0.15, -0.1) is 12.4 Å². The summed E-state index contributed by atoms with van der Waals surface area (Å²) < 4.78 is 1.91. The SMILES string of the molecule is Cc1c(C(=O)N2CCCc3c(N)cccc32)cnn1C(C)(C)C.Cl. The van der Waals surface area contributed by atoms with E-state index < -0.39 is 0 Å². The van der Waals surface area contributed by atoms with Gasteiger partial charge < -0.3 is 10.6 Å². The molecule has 2 aromatic rings. The highest BCUT2D eigenvalue weighted by Gasteiger charge is 2.28. The number of fused-ring (bicyclic) bond motifs is 1. The van der Waals surface area contributed by atoms with Crippen molar-refractivity contribution >= 4 is 29.7 Å². The number of anilines is 2. The van der Waals surface area contributed by atoms with Gasteiger partial charge in [-0.05, 0) is 58.2 Å². The minimum atomic E-state index is -0.146. The minimum absolute atomic E-state index is 0. The summed E-state index contributed by atoms with van der Waals surface area (Å²) in [6.07, 6.45) is 3.54. The Morgan fingerprint density at radius 1 is 1.29 bits per heavy atom. The Hall–Kier alpha value is -2.01. The van der Waals surface area contributed by atoms with Crippen LogP contribution in [-0.2, 0) is 12.0 Å². The average molecular weight is 349 g/mol. The van der Waals surface area contributed by atoms with Crippen molar-refractivity contribution in [3.63, 3.8) is 0 Å². The van der Waals surface area contributed by atoms with Crippen molar-refractivity contribution in [2.24, 2.45) is 0 Å². The molecule has 6 heteroatoms. The lowest BCUT2D eigenvalue weighted by Crippen LogP contribution is -2.36. The van der Waals surface area contributed by atoms with Gasteiger partial charge in [0.25, 0.3) is 5.91 Å². The fourth-order valence-corrected chi connectivity index (χ4v) is 3.30. The Morgan fingerprint density at radius 2 is 2.00 bits per heavy atom. The van der Waals surface area contributed by atoms with E-state index in [0.717, 1.165) is 42.0 Å². The van der Waals surface area contributed by atoms with E-state index in [9.17, 15) is 4.79 Å². The van der Waals surface area contributed by atoms with E-state index in [1.807, 2.05) is 34.7 Å². The van der Waals surface area contributed by atoms with Crippen molar-refractivity contribution in [3.8, 4) is 0 Å². The summed E-state index contributed by atoms with van der Waals surface area (Å²) >= 11 is 0. The van der Waals surface area contributed by atoms with Crippen molar-refractivity contribution in [2.75, 3.05) is 17.2 Å². The van der Waals surface area contributed by atoms with Gasteiger partial charge in [0, 0.05) is 23.6 Å². The number of hydrogen-bond acceptors (Lipinski definition) is 3. The molecule has 2 N–H and O–H groups in total. The summed E-state index contributed by atoms with van der Waals surface area (Å²) in [5.74, 6) is 0.00421. The first kappa shape index (κ1) is 18.3. The van der Waals surface area contributed by atoms with Crippen LogP contribution in [0.5, 0.6) is 0 Å². The summed E-state index contributed by atoms with van der Waals surface area (Å²) in [5.41, 5.74) is 10.3. The summed E-state index contributed by atoms with van der Waals surface area (Å²) in [7, 11) is 0. The van der Waals surface area contributed by atoms with Crippen LogP contribution in [0.2, 0.25) is 0 Å². The largest absolute Gasteiger partial charge is 0.398 e. The van der Waals surface area contributed by atoms with Crippen molar-refractivity contribution < 1.29 is 4.79 Å². The van der Waals surface area contributed by atoms with Crippen LogP contribution >= 0.6 is 12.4 Å². The number of carbonyl (C=O) groups is 1. The lowest BCUT2D eigenvalue weighted by Gasteiger charge is -2.30. The molecule has 5 nitrogen and oxygen atoms in total. The van der Waals surface area contributed by atoms with Gasteiger partial charge in [-0.25, -0.2) is 0 Å². The van der Waals surface area contributed by atoms with E-state index in [2.05, 4.69) is 25.9 Å². The van der Waals surface area contributed by atoms with Crippen molar-refractivity contribution in [2.45, 2.75) is 46.1 Å². The minimum Gasteiger partial charge on any atom is -0.398 e. The van der Waals surface area contributed by atoms with Crippen LogP contribution in [-0.4, -0.2) is 22.2 Å². The number of nitrogen functional groups attached to an aromatic ring is 1. The smallest absolute Gasteiger partial charge is 0.261 e. The van der Waals surface area contributed by atoms with Gasteiger partial charge in [0.15, 0.2) is 0 Å². The molecule has 3 rings (SSSR count). The number of halogens is 1. The fraction of sp³-hybridized carbons (Fsp3) is 0.444. The Labute approximate surface area is 149 Å². The second-order valence-corrected chi connectivity index (χ2v) is 7.13. The lowest BCUT2D eigenvalue weighted by molar-refractivity contribution is 0.0984. The Balaban J connectivity index is 0.00000208. The molecule has 0 saturated carbocycles. The van der Waals surface area contributed by atoms with Crippen molar-refractivity contribution in [1.29, 1.82) is 0 Å². The number of benzene rings is 1. The quantitative estimate of drug-likeness (QED) is 0.801. The molecule has 0 spiro atoms. The number of amides is 1. The maximum Gasteiger partial charge on any atom is 0.261 e. The molecule has 24 heavy (non-hydrogen) atoms. The molecule has 130 valence electrons. The maximum absolute atomic E-state index is 13.1. The number of carbonyl (C=O) groups excluding carboxylic acids is 1. The Morgan fingerprint density at radius 3 is 2.62 bits per heavy atom. The Bertz CT molecular complexity index is 761. The lowest BCUT2D eigenvalue weighted by atomic mass is 9.99. The maximum atomic E-state index is 13.1. The molecule has 1 aliphatic heterocycles. The highest BCUT2D eigenvalue weighted by atomic mass is 35.5. The van der Waals surface area contributed by atoms with Gasteiger partial charge in [-0.1, -0.05) is 6.07 Å². The van der Waals surface area contributed by atoms with Gasteiger partial charge >= 0.3 is 0 Å². The van der Waals surface area contributed by atoms with Gasteiger partial charge in [0.05, 0.1) is 17.3 Å². The molecule has 1 aliphatic rings. The highest BCUT2D eigenvalue weighted by molar-refractivity contribution is 6.07. The number of nitrogens with zero attached hydrogens (tertiary/aromatic N) is 3. The second kappa shape index (κ2) is 6.48. The summed E-state index contributed by atoms with van der Waals surface area (Å²) in [6, 6.07) is 5.78. The normalized spacial score (nSPS) is 14.1. The standard InChI is InChI=1S/C18H24N4O.ClH/c1-12-14(11-20-22(12)18(2,3)4)17(23)21-10-6-7-13-15(19)8-5-9-16(13)21;/h5,8-9,11H,6-7,10,19H2,1-4H3;1H. The van der Waals surface area contributed by atoms with Crippen molar-refractivity contribution in [3.05, 3.63) is 41.2 Å². The number of nitrogens with two attached hydrogens (primary N) is 1. The van der Waals surface area contributed by atoms with Crippen LogP contribution in [0.3, 0.4) is 0 Å². The second-order valence-electron chi connectivity index (χ2n) is 7.13. The first-order valence-corrected chi connectivity index (χ1v) is 8.05. The topological polar surface area (TPSA) is 64.2 Å². The molecule has 1 aromatic carbocycles. The monoisotopic (exact) mass is 348 g/mol. The predicted octanol–water partition coefficient (Wildman–Crippen LogP) is 3.54. The van der Waals surface area contributed by atoms with Crippen LogP contribution in [0.4, 0.5) is 11.4 Å². The fourth-order valence-electron chi connectivity index (χ4n) is 3.30. The average Bonchev–Trinajstić information content (AvgIpc) is 2.88. The highest BCUT2D eigenvalue weighted by Crippen LogP contribution is 2.32. The molecule has 0 fully saturated rings. The van der Waals surface area contributed by atoms with Gasteiger partial charge in [0.2, 0.25) is 0 Å². The van der Waals surface area contributed by atoms with E-state index >= 15 is 0 Å². The number of hydrogen-bond donors (Lipinski definition) is 1. The predicted molar refractivity (Wildman–Crippen MR) is 100 cm³/mol. The third-order valence-electron chi connectivity index (χ3n) is 4.41. The van der Waals surface area contributed by atoms with Gasteiger partial charge in [-0.2, -0.15) is 5.10 Å². The molecule has 1 amide bonds. The van der Waals surface area contributed by atoms with Crippen LogP contribution < -0.4 is 10.6 Å². The zero-order valence-electron chi connectivity index (χ0n) is 14.7. The van der Waals surface area contributed by atoms with Crippen LogP contribution in [0.1, 0.15) is 48.8 Å². The number of rotatable bonds is 1. The van der Waals surface area contributed by atoms with Crippen LogP contribution in [0, 0.1) is 6.92 Å². The first-order valence-electron chi connectivity index (χ1n) is 8.05. The summed E-state index contributed by atoms with van der Waals surface area (Å²) in [5, 5.41) is 4.42. The molecule has 0 bridgehead atoms. The zero-order chi connectivity index (χ0) is 16.8. The first-order chi connectivity index (χ1) is 10.8. The molecule has 2 heterocycles. The van der Waals surface area contributed by atoms with E-state index in [-0.39, 0.29) is 23.9 Å². The van der Waals surface area contributed by atoms with E-state index in [0.29, 0.717) is 5.56 Å². The molecule has 0 radical (unpaired) electrons. The van der Waals surface area contributed by atoms with Crippen LogP contribution in [0.15, 0.2) is 24.4 Å². The zero-order valence-corrected chi connectivity index (χ0v) is 15.5. The van der Waals surface area contributed by atoms with Gasteiger partial charge in [0.1, 0.15) is 0 Å².